The van der Waals surface area contributed by atoms with Gasteiger partial charge in [-0.15, -0.1) is 11.8 Å². The minimum atomic E-state index is -0.135. The second-order valence-corrected chi connectivity index (χ2v) is 6.43. The van der Waals surface area contributed by atoms with Gasteiger partial charge in [0.15, 0.2) is 5.13 Å². The average molecular weight is 259 g/mol. The van der Waals surface area contributed by atoms with E-state index in [-0.39, 0.29) is 11.4 Å². The van der Waals surface area contributed by atoms with E-state index < -0.39 is 0 Å². The van der Waals surface area contributed by atoms with Gasteiger partial charge in [0, 0.05) is 5.54 Å². The lowest BCUT2D eigenvalue weighted by atomic mass is 10.0. The van der Waals surface area contributed by atoms with E-state index in [2.05, 4.69) is 17.2 Å². The van der Waals surface area contributed by atoms with Crippen LogP contribution in [0.3, 0.4) is 0 Å². The fourth-order valence-electron chi connectivity index (χ4n) is 0.977. The highest BCUT2D eigenvalue weighted by Gasteiger charge is 2.17. The number of nitrogen functional groups attached to an aromatic ring is 1. The molecular formula is C10H17N3OS2. The number of rotatable bonds is 5. The predicted octanol–water partition coefficient (Wildman–Crippen LogP) is 2.12. The molecular weight excluding hydrogens is 242 g/mol. The molecule has 1 aromatic rings. The van der Waals surface area contributed by atoms with Gasteiger partial charge in [-0.25, -0.2) is 4.98 Å². The molecule has 0 radical (unpaired) electrons. The first-order chi connectivity index (χ1) is 7.43. The van der Waals surface area contributed by atoms with Gasteiger partial charge < -0.3 is 11.1 Å². The summed E-state index contributed by atoms with van der Waals surface area (Å²) < 4.78 is 0.974. The van der Waals surface area contributed by atoms with Crippen LogP contribution >= 0.6 is 23.1 Å². The van der Waals surface area contributed by atoms with Crippen LogP contribution in [0.25, 0.3) is 0 Å². The molecule has 6 heteroatoms. The van der Waals surface area contributed by atoms with Gasteiger partial charge in [0.1, 0.15) is 0 Å². The molecule has 0 bridgehead atoms. The van der Waals surface area contributed by atoms with E-state index in [0.717, 1.165) is 10.6 Å². The van der Waals surface area contributed by atoms with Crippen LogP contribution in [0, 0.1) is 0 Å². The Morgan fingerprint density at radius 3 is 2.88 bits per heavy atom. The molecule has 0 aliphatic heterocycles. The number of hydrogen-bond acceptors (Lipinski definition) is 5. The zero-order valence-corrected chi connectivity index (χ0v) is 11.4. The third-order valence-corrected chi connectivity index (χ3v) is 4.23. The third-order valence-electron chi connectivity index (χ3n) is 2.21. The third kappa shape index (κ3) is 4.40. The summed E-state index contributed by atoms with van der Waals surface area (Å²) in [6, 6.07) is 0. The normalized spacial score (nSPS) is 11.4. The maximum Gasteiger partial charge on any atom is 0.230 e. The first-order valence-electron chi connectivity index (χ1n) is 5.08. The molecule has 16 heavy (non-hydrogen) atoms. The topological polar surface area (TPSA) is 68.0 Å². The van der Waals surface area contributed by atoms with Gasteiger partial charge in [0.2, 0.25) is 5.91 Å². The fourth-order valence-corrected chi connectivity index (χ4v) is 2.54. The number of hydrogen-bond donors (Lipinski definition) is 2. The van der Waals surface area contributed by atoms with Crippen molar-refractivity contribution in [1.29, 1.82) is 0 Å². The molecule has 1 aromatic heterocycles. The molecule has 0 aliphatic rings. The Bertz CT molecular complexity index is 363. The zero-order valence-electron chi connectivity index (χ0n) is 9.74. The van der Waals surface area contributed by atoms with Gasteiger partial charge >= 0.3 is 0 Å². The Kier molecular flexibility index (Phi) is 4.61. The van der Waals surface area contributed by atoms with Crippen LogP contribution in [-0.4, -0.2) is 22.2 Å². The number of carbonyl (C=O) groups excluding carboxylic acids is 1. The minimum absolute atomic E-state index is 0.0452. The highest BCUT2D eigenvalue weighted by atomic mass is 32.2. The molecule has 0 unspecified atom stereocenters. The average Bonchev–Trinajstić information content (AvgIpc) is 2.61. The second kappa shape index (κ2) is 5.54. The van der Waals surface area contributed by atoms with Crippen molar-refractivity contribution in [2.75, 3.05) is 11.5 Å². The van der Waals surface area contributed by atoms with Gasteiger partial charge in [-0.1, -0.05) is 18.3 Å². The molecule has 0 atom stereocenters. The molecule has 0 saturated carbocycles. The van der Waals surface area contributed by atoms with E-state index in [1.807, 2.05) is 13.8 Å². The summed E-state index contributed by atoms with van der Waals surface area (Å²) in [5.41, 5.74) is 5.37. The lowest BCUT2D eigenvalue weighted by Crippen LogP contribution is -2.43. The van der Waals surface area contributed by atoms with Crippen LogP contribution in [0.4, 0.5) is 5.13 Å². The molecule has 0 aliphatic carbocycles. The van der Waals surface area contributed by atoms with Crippen molar-refractivity contribution in [3.8, 4) is 0 Å². The fraction of sp³-hybridized carbons (Fsp3) is 0.600. The van der Waals surface area contributed by atoms with Gasteiger partial charge in [0.05, 0.1) is 16.2 Å². The van der Waals surface area contributed by atoms with Crippen LogP contribution in [0.1, 0.15) is 27.2 Å². The van der Waals surface area contributed by atoms with Crippen LogP contribution in [0.15, 0.2) is 10.4 Å². The monoisotopic (exact) mass is 259 g/mol. The largest absolute Gasteiger partial charge is 0.375 e. The molecule has 0 saturated heterocycles. The first kappa shape index (κ1) is 13.3. The highest BCUT2D eigenvalue weighted by Crippen LogP contribution is 2.26. The number of nitrogens with zero attached hydrogens (tertiary/aromatic N) is 1. The Balaban J connectivity index is 2.36. The second-order valence-electron chi connectivity index (χ2n) is 4.09. The summed E-state index contributed by atoms with van der Waals surface area (Å²) >= 11 is 2.87. The maximum atomic E-state index is 11.6. The molecule has 1 heterocycles. The van der Waals surface area contributed by atoms with Crippen molar-refractivity contribution in [3.05, 3.63) is 6.20 Å². The zero-order chi connectivity index (χ0) is 12.2. The van der Waals surface area contributed by atoms with E-state index >= 15 is 0 Å². The summed E-state index contributed by atoms with van der Waals surface area (Å²) in [6.45, 7) is 6.08. The van der Waals surface area contributed by atoms with E-state index in [9.17, 15) is 4.79 Å². The Hall–Kier alpha value is -0.750. The summed E-state index contributed by atoms with van der Waals surface area (Å²) in [4.78, 5) is 15.5. The van der Waals surface area contributed by atoms with E-state index in [1.54, 1.807) is 6.20 Å². The lowest BCUT2D eigenvalue weighted by Gasteiger charge is -2.24. The maximum absolute atomic E-state index is 11.6. The highest BCUT2D eigenvalue weighted by molar-refractivity contribution is 8.01. The summed E-state index contributed by atoms with van der Waals surface area (Å²) in [6.07, 6.45) is 2.61. The molecule has 3 N–H and O–H groups in total. The molecule has 0 aromatic carbocycles. The van der Waals surface area contributed by atoms with Crippen molar-refractivity contribution >= 4 is 34.1 Å². The number of nitrogens with one attached hydrogen (secondary N) is 1. The van der Waals surface area contributed by atoms with Crippen molar-refractivity contribution in [1.82, 2.24) is 10.3 Å². The lowest BCUT2D eigenvalue weighted by molar-refractivity contribution is -0.120. The molecule has 1 amide bonds. The SMILES string of the molecule is CCC(C)(C)NC(=O)CSc1cnc(N)s1. The van der Waals surface area contributed by atoms with Gasteiger partial charge in [-0.3, -0.25) is 4.79 Å². The molecule has 0 spiro atoms. The number of aromatic nitrogens is 1. The summed E-state index contributed by atoms with van der Waals surface area (Å²) in [5.74, 6) is 0.453. The number of thiazole rings is 1. The van der Waals surface area contributed by atoms with Crippen LogP contribution in [-0.2, 0) is 4.79 Å². The Morgan fingerprint density at radius 2 is 2.38 bits per heavy atom. The summed E-state index contributed by atoms with van der Waals surface area (Å²) in [7, 11) is 0. The predicted molar refractivity (Wildman–Crippen MR) is 69.8 cm³/mol. The van der Waals surface area contributed by atoms with Crippen molar-refractivity contribution in [2.45, 2.75) is 36.9 Å². The van der Waals surface area contributed by atoms with Crippen LogP contribution in [0.5, 0.6) is 0 Å². The quantitative estimate of drug-likeness (QED) is 0.795. The number of anilines is 1. The van der Waals surface area contributed by atoms with Gasteiger partial charge in [-0.05, 0) is 20.3 Å². The number of amides is 1. The number of carbonyl (C=O) groups is 1. The van der Waals surface area contributed by atoms with Gasteiger partial charge in [0.25, 0.3) is 0 Å². The number of thioether (sulfide) groups is 1. The van der Waals surface area contributed by atoms with Crippen molar-refractivity contribution in [3.63, 3.8) is 0 Å². The number of nitrogens with two attached hydrogens (primary N) is 1. The smallest absolute Gasteiger partial charge is 0.230 e. The molecule has 4 nitrogen and oxygen atoms in total. The molecule has 1 rings (SSSR count). The van der Waals surface area contributed by atoms with Gasteiger partial charge in [-0.2, -0.15) is 0 Å². The molecule has 0 fully saturated rings. The van der Waals surface area contributed by atoms with Crippen molar-refractivity contribution < 1.29 is 4.79 Å². The van der Waals surface area contributed by atoms with E-state index in [1.165, 1.54) is 23.1 Å². The van der Waals surface area contributed by atoms with Crippen LogP contribution in [0.2, 0.25) is 0 Å². The first-order valence-corrected chi connectivity index (χ1v) is 6.88. The minimum Gasteiger partial charge on any atom is -0.375 e. The van der Waals surface area contributed by atoms with Crippen LogP contribution < -0.4 is 11.1 Å². The van der Waals surface area contributed by atoms with E-state index in [0.29, 0.717) is 10.9 Å². The van der Waals surface area contributed by atoms with E-state index in [4.69, 9.17) is 5.73 Å². The Morgan fingerprint density at radius 1 is 1.69 bits per heavy atom. The molecule has 90 valence electrons. The van der Waals surface area contributed by atoms with Crippen molar-refractivity contribution in [2.24, 2.45) is 0 Å². The Labute approximate surface area is 104 Å². The summed E-state index contributed by atoms with van der Waals surface area (Å²) in [5, 5.41) is 3.51. The standard InChI is InChI=1S/C10H17N3OS2/c1-4-10(2,3)13-7(14)6-15-8-5-12-9(11)16-8/h5H,4,6H2,1-3H3,(H2,11,12)(H,13,14).